The lowest BCUT2D eigenvalue weighted by molar-refractivity contribution is -0.892. The van der Waals surface area contributed by atoms with Crippen LogP contribution in [0.1, 0.15) is 32.1 Å². The van der Waals surface area contributed by atoms with E-state index in [2.05, 4.69) is 27.8 Å². The van der Waals surface area contributed by atoms with Gasteiger partial charge in [0.15, 0.2) is 6.54 Å². The largest absolute Gasteiger partial charge is 0.360 e. The molecule has 2 heterocycles. The number of hydrazine groups is 1. The summed E-state index contributed by atoms with van der Waals surface area (Å²) in [6.45, 7) is 3.68. The lowest BCUT2D eigenvalue weighted by Crippen LogP contribution is -3.16. The summed E-state index contributed by atoms with van der Waals surface area (Å²) >= 11 is 0. The van der Waals surface area contributed by atoms with Crippen LogP contribution in [0.3, 0.4) is 0 Å². The van der Waals surface area contributed by atoms with Gasteiger partial charge in [-0.05, 0) is 25.0 Å². The van der Waals surface area contributed by atoms with Crippen molar-refractivity contribution in [3.63, 3.8) is 0 Å². The standard InChI is InChI=1S/C20H27N5O3/c26-17(15-23-11-13-24(14-12-23)16-7-3-1-4-8-16)22-25-18(27)20(21-19(25)28)9-5-2-6-10-20/h1,3-4,7-8H,2,5-6,9-15H2,(H,21,28)(H,22,26)/p+1. The van der Waals surface area contributed by atoms with Gasteiger partial charge in [-0.15, -0.1) is 0 Å². The summed E-state index contributed by atoms with van der Waals surface area (Å²) < 4.78 is 0. The van der Waals surface area contributed by atoms with Gasteiger partial charge in [0.2, 0.25) is 0 Å². The van der Waals surface area contributed by atoms with Crippen LogP contribution < -0.4 is 20.5 Å². The van der Waals surface area contributed by atoms with E-state index in [1.54, 1.807) is 0 Å². The fraction of sp³-hybridized carbons (Fsp3) is 0.550. The average molecular weight is 386 g/mol. The third-order valence-corrected chi connectivity index (χ3v) is 6.11. The molecule has 2 aliphatic heterocycles. The molecule has 3 N–H and O–H groups in total. The summed E-state index contributed by atoms with van der Waals surface area (Å²) in [4.78, 5) is 40.9. The van der Waals surface area contributed by atoms with Crippen molar-refractivity contribution >= 4 is 23.5 Å². The maximum absolute atomic E-state index is 12.7. The minimum atomic E-state index is -0.809. The summed E-state index contributed by atoms with van der Waals surface area (Å²) in [5.41, 5.74) is 2.93. The van der Waals surface area contributed by atoms with Crippen LogP contribution in [0.25, 0.3) is 0 Å². The van der Waals surface area contributed by atoms with E-state index in [4.69, 9.17) is 0 Å². The summed E-state index contributed by atoms with van der Waals surface area (Å²) in [5.74, 6) is -0.603. The highest BCUT2D eigenvalue weighted by atomic mass is 16.2. The molecule has 0 unspecified atom stereocenters. The second-order valence-corrected chi connectivity index (χ2v) is 8.00. The van der Waals surface area contributed by atoms with E-state index < -0.39 is 11.6 Å². The number of rotatable bonds is 4. The molecule has 28 heavy (non-hydrogen) atoms. The van der Waals surface area contributed by atoms with Crippen LogP contribution >= 0.6 is 0 Å². The SMILES string of the molecule is O=C(C[NH+]1CCN(c2ccccc2)CC1)NN1C(=O)NC2(CCCCC2)C1=O. The Morgan fingerprint density at radius 2 is 1.75 bits per heavy atom. The van der Waals surface area contributed by atoms with E-state index in [0.717, 1.165) is 55.4 Å². The second-order valence-electron chi connectivity index (χ2n) is 8.00. The van der Waals surface area contributed by atoms with Gasteiger partial charge in [0.25, 0.3) is 11.8 Å². The predicted molar refractivity (Wildman–Crippen MR) is 104 cm³/mol. The molecule has 0 radical (unpaired) electrons. The number of amides is 4. The van der Waals surface area contributed by atoms with Crippen LogP contribution in [-0.2, 0) is 9.59 Å². The topological polar surface area (TPSA) is 86.2 Å². The van der Waals surface area contributed by atoms with Gasteiger partial charge in [-0.1, -0.05) is 37.5 Å². The Labute approximate surface area is 164 Å². The van der Waals surface area contributed by atoms with Crippen LogP contribution in [-0.4, -0.2) is 61.1 Å². The summed E-state index contributed by atoms with van der Waals surface area (Å²) in [6.07, 6.45) is 4.22. The van der Waals surface area contributed by atoms with Crippen molar-refractivity contribution in [3.8, 4) is 0 Å². The molecule has 0 bridgehead atoms. The summed E-state index contributed by atoms with van der Waals surface area (Å²) in [5, 5.41) is 3.71. The van der Waals surface area contributed by atoms with Gasteiger partial charge in [-0.3, -0.25) is 15.0 Å². The number of anilines is 1. The molecule has 4 rings (SSSR count). The number of carbonyl (C=O) groups excluding carboxylic acids is 3. The quantitative estimate of drug-likeness (QED) is 0.619. The fourth-order valence-corrected chi connectivity index (χ4v) is 4.50. The molecule has 2 saturated heterocycles. The average Bonchev–Trinajstić information content (AvgIpc) is 2.93. The van der Waals surface area contributed by atoms with Gasteiger partial charge in [-0.2, -0.15) is 5.01 Å². The van der Waals surface area contributed by atoms with Crippen LogP contribution in [0, 0.1) is 0 Å². The Morgan fingerprint density at radius 3 is 2.43 bits per heavy atom. The number of hydrogen-bond acceptors (Lipinski definition) is 4. The third-order valence-electron chi connectivity index (χ3n) is 6.11. The molecule has 1 aromatic rings. The highest BCUT2D eigenvalue weighted by Crippen LogP contribution is 2.32. The minimum Gasteiger partial charge on any atom is -0.360 e. The van der Waals surface area contributed by atoms with Crippen LogP contribution in [0.4, 0.5) is 10.5 Å². The third kappa shape index (κ3) is 3.69. The zero-order chi connectivity index (χ0) is 19.6. The number of piperazine rings is 1. The number of para-hydroxylation sites is 1. The molecule has 1 aliphatic carbocycles. The van der Waals surface area contributed by atoms with E-state index in [0.29, 0.717) is 12.8 Å². The maximum atomic E-state index is 12.7. The fourth-order valence-electron chi connectivity index (χ4n) is 4.50. The monoisotopic (exact) mass is 386 g/mol. The molecule has 4 amide bonds. The number of nitrogens with one attached hydrogen (secondary N) is 3. The second kappa shape index (κ2) is 7.79. The molecular weight excluding hydrogens is 358 g/mol. The Kier molecular flexibility index (Phi) is 5.21. The molecule has 0 aromatic heterocycles. The van der Waals surface area contributed by atoms with Crippen LogP contribution in [0.2, 0.25) is 0 Å². The first-order chi connectivity index (χ1) is 13.6. The molecule has 0 atom stereocenters. The normalized spacial score (nSPS) is 22.4. The minimum absolute atomic E-state index is 0.257. The highest BCUT2D eigenvalue weighted by molar-refractivity contribution is 6.08. The van der Waals surface area contributed by atoms with Gasteiger partial charge < -0.3 is 15.1 Å². The number of carbonyl (C=O) groups is 3. The molecule has 3 aliphatic rings. The zero-order valence-electron chi connectivity index (χ0n) is 16.1. The predicted octanol–water partition coefficient (Wildman–Crippen LogP) is -0.323. The van der Waals surface area contributed by atoms with Crippen molar-refractivity contribution in [2.45, 2.75) is 37.6 Å². The summed E-state index contributed by atoms with van der Waals surface area (Å²) in [6, 6.07) is 9.73. The van der Waals surface area contributed by atoms with E-state index in [-0.39, 0.29) is 18.4 Å². The molecule has 1 aromatic carbocycles. The van der Waals surface area contributed by atoms with E-state index in [1.807, 2.05) is 18.2 Å². The summed E-state index contributed by atoms with van der Waals surface area (Å²) in [7, 11) is 0. The van der Waals surface area contributed by atoms with Gasteiger partial charge in [0.05, 0.1) is 26.2 Å². The van der Waals surface area contributed by atoms with Gasteiger partial charge in [0, 0.05) is 5.69 Å². The molecule has 3 fully saturated rings. The number of benzene rings is 1. The Bertz CT molecular complexity index is 739. The Morgan fingerprint density at radius 1 is 1.07 bits per heavy atom. The molecule has 150 valence electrons. The number of imide groups is 1. The number of urea groups is 1. The number of hydrogen-bond donors (Lipinski definition) is 3. The van der Waals surface area contributed by atoms with Crippen molar-refractivity contribution in [1.82, 2.24) is 15.8 Å². The number of quaternary nitrogens is 1. The van der Waals surface area contributed by atoms with E-state index >= 15 is 0 Å². The molecular formula is C20H28N5O3+. The number of nitrogens with zero attached hydrogens (tertiary/aromatic N) is 2. The molecule has 8 nitrogen and oxygen atoms in total. The Balaban J connectivity index is 1.28. The first-order valence-corrected chi connectivity index (χ1v) is 10.2. The Hall–Kier alpha value is -2.61. The maximum Gasteiger partial charge on any atom is 0.344 e. The highest BCUT2D eigenvalue weighted by Gasteiger charge is 2.52. The van der Waals surface area contributed by atoms with E-state index in [9.17, 15) is 14.4 Å². The van der Waals surface area contributed by atoms with Gasteiger partial charge in [-0.25, -0.2) is 4.79 Å². The smallest absolute Gasteiger partial charge is 0.344 e. The molecule has 1 saturated carbocycles. The van der Waals surface area contributed by atoms with Crippen molar-refractivity contribution in [1.29, 1.82) is 0 Å². The zero-order valence-corrected chi connectivity index (χ0v) is 16.1. The van der Waals surface area contributed by atoms with Gasteiger partial charge in [0.1, 0.15) is 5.54 Å². The first kappa shape index (κ1) is 18.7. The van der Waals surface area contributed by atoms with Crippen LogP contribution in [0.15, 0.2) is 30.3 Å². The van der Waals surface area contributed by atoms with Gasteiger partial charge >= 0.3 is 6.03 Å². The van der Waals surface area contributed by atoms with Crippen LogP contribution in [0.5, 0.6) is 0 Å². The van der Waals surface area contributed by atoms with Crippen molar-refractivity contribution in [3.05, 3.63) is 30.3 Å². The van der Waals surface area contributed by atoms with Crippen molar-refractivity contribution in [2.75, 3.05) is 37.6 Å². The lowest BCUT2D eigenvalue weighted by Gasteiger charge is -2.33. The first-order valence-electron chi connectivity index (χ1n) is 10.2. The van der Waals surface area contributed by atoms with Crippen molar-refractivity contribution < 1.29 is 19.3 Å². The van der Waals surface area contributed by atoms with E-state index in [1.165, 1.54) is 5.69 Å². The molecule has 8 heteroatoms. The molecule has 1 spiro atoms. The lowest BCUT2D eigenvalue weighted by atomic mass is 9.82. The van der Waals surface area contributed by atoms with Crippen molar-refractivity contribution in [2.24, 2.45) is 0 Å².